The van der Waals surface area contributed by atoms with Gasteiger partial charge in [0.1, 0.15) is 0 Å². The highest BCUT2D eigenvalue weighted by molar-refractivity contribution is 6.31. The maximum absolute atomic E-state index is 6.05. The fourth-order valence-corrected chi connectivity index (χ4v) is 1.39. The second-order valence-electron chi connectivity index (χ2n) is 3.63. The van der Waals surface area contributed by atoms with Gasteiger partial charge in [0.25, 0.3) is 0 Å². The molecule has 0 saturated carbocycles. The van der Waals surface area contributed by atoms with Gasteiger partial charge >= 0.3 is 0 Å². The highest BCUT2D eigenvalue weighted by atomic mass is 35.5. The number of aryl methyl sites for hydroxylation is 1. The van der Waals surface area contributed by atoms with E-state index in [-0.39, 0.29) is 0 Å². The van der Waals surface area contributed by atoms with Crippen molar-refractivity contribution in [2.75, 3.05) is 18.5 Å². The van der Waals surface area contributed by atoms with Crippen molar-refractivity contribution in [1.82, 2.24) is 0 Å². The molecule has 1 aromatic rings. The fraction of sp³-hybridized carbons (Fsp3) is 0.455. The van der Waals surface area contributed by atoms with Gasteiger partial charge in [0.15, 0.2) is 0 Å². The monoisotopic (exact) mass is 212 g/mol. The molecule has 0 saturated heterocycles. The molecule has 0 radical (unpaired) electrons. The third kappa shape index (κ3) is 2.40. The van der Waals surface area contributed by atoms with Crippen molar-refractivity contribution in [1.29, 1.82) is 0 Å². The van der Waals surface area contributed by atoms with Gasteiger partial charge in [-0.2, -0.15) is 0 Å². The summed E-state index contributed by atoms with van der Waals surface area (Å²) in [5.41, 5.74) is 7.81. The Labute approximate surface area is 90.7 Å². The van der Waals surface area contributed by atoms with Crippen LogP contribution in [0.3, 0.4) is 0 Å². The molecule has 1 aromatic carbocycles. The molecule has 0 aliphatic rings. The van der Waals surface area contributed by atoms with Gasteiger partial charge < -0.3 is 10.6 Å². The average Bonchev–Trinajstić information content (AvgIpc) is 2.20. The Kier molecular flexibility index (Phi) is 3.78. The fourth-order valence-electron chi connectivity index (χ4n) is 1.21. The largest absolute Gasteiger partial charge is 0.371 e. The van der Waals surface area contributed by atoms with Gasteiger partial charge in [-0.05, 0) is 31.5 Å². The third-order valence-corrected chi connectivity index (χ3v) is 2.97. The van der Waals surface area contributed by atoms with Crippen LogP contribution in [0.15, 0.2) is 18.2 Å². The normalized spacial score (nSPS) is 12.6. The molecule has 0 aliphatic carbocycles. The zero-order valence-corrected chi connectivity index (χ0v) is 9.67. The zero-order chi connectivity index (χ0) is 10.7. The molecule has 0 aliphatic heterocycles. The summed E-state index contributed by atoms with van der Waals surface area (Å²) < 4.78 is 0. The average molecular weight is 213 g/mol. The predicted octanol–water partition coefficient (Wildman–Crippen LogP) is 2.43. The van der Waals surface area contributed by atoms with Gasteiger partial charge in [-0.15, -0.1) is 0 Å². The number of hydrogen-bond acceptors (Lipinski definition) is 2. The van der Waals surface area contributed by atoms with Crippen LogP contribution in [0, 0.1) is 6.92 Å². The lowest BCUT2D eigenvalue weighted by Crippen LogP contribution is -2.35. The Morgan fingerprint density at radius 2 is 2.14 bits per heavy atom. The van der Waals surface area contributed by atoms with Gasteiger partial charge in [-0.3, -0.25) is 0 Å². The van der Waals surface area contributed by atoms with Crippen LogP contribution in [0.4, 0.5) is 5.69 Å². The van der Waals surface area contributed by atoms with E-state index in [4.69, 9.17) is 17.3 Å². The van der Waals surface area contributed by atoms with Gasteiger partial charge in [-0.1, -0.05) is 17.7 Å². The first-order valence-corrected chi connectivity index (χ1v) is 5.13. The number of nitrogens with two attached hydrogens (primary N) is 1. The molecule has 2 N–H and O–H groups in total. The lowest BCUT2D eigenvalue weighted by Gasteiger charge is -2.26. The number of nitrogens with zero attached hydrogens (tertiary/aromatic N) is 1. The van der Waals surface area contributed by atoms with Gasteiger partial charge in [-0.25, -0.2) is 0 Å². The molecule has 1 rings (SSSR count). The van der Waals surface area contributed by atoms with Crippen LogP contribution in [-0.2, 0) is 0 Å². The van der Waals surface area contributed by atoms with Crippen molar-refractivity contribution in [3.63, 3.8) is 0 Å². The van der Waals surface area contributed by atoms with E-state index in [0.717, 1.165) is 16.3 Å². The van der Waals surface area contributed by atoms with Crippen molar-refractivity contribution in [2.24, 2.45) is 5.73 Å². The third-order valence-electron chi connectivity index (χ3n) is 2.56. The quantitative estimate of drug-likeness (QED) is 0.834. The molecular formula is C11H17ClN2. The minimum Gasteiger partial charge on any atom is -0.371 e. The Morgan fingerprint density at radius 3 is 2.64 bits per heavy atom. The molecular weight excluding hydrogens is 196 g/mol. The van der Waals surface area contributed by atoms with E-state index in [9.17, 15) is 0 Å². The first kappa shape index (κ1) is 11.3. The maximum atomic E-state index is 6.05. The predicted molar refractivity (Wildman–Crippen MR) is 63.1 cm³/mol. The second-order valence-corrected chi connectivity index (χ2v) is 4.04. The first-order chi connectivity index (χ1) is 6.56. The Hall–Kier alpha value is -0.730. The number of hydrogen-bond donors (Lipinski definition) is 1. The van der Waals surface area contributed by atoms with Crippen LogP contribution in [0.2, 0.25) is 5.02 Å². The summed E-state index contributed by atoms with van der Waals surface area (Å²) in [5.74, 6) is 0. The number of likely N-dealkylation sites (N-methyl/N-ethyl adjacent to an activating group) is 1. The van der Waals surface area contributed by atoms with Crippen molar-refractivity contribution in [3.05, 3.63) is 28.8 Å². The lowest BCUT2D eigenvalue weighted by molar-refractivity contribution is 0.695. The number of benzene rings is 1. The molecule has 1 unspecified atom stereocenters. The zero-order valence-electron chi connectivity index (χ0n) is 8.92. The summed E-state index contributed by atoms with van der Waals surface area (Å²) in [6.07, 6.45) is 0. The number of anilines is 1. The van der Waals surface area contributed by atoms with E-state index < -0.39 is 0 Å². The highest BCUT2D eigenvalue weighted by Gasteiger charge is 2.08. The van der Waals surface area contributed by atoms with E-state index >= 15 is 0 Å². The van der Waals surface area contributed by atoms with Crippen molar-refractivity contribution >= 4 is 17.3 Å². The summed E-state index contributed by atoms with van der Waals surface area (Å²) in [6.45, 7) is 4.73. The van der Waals surface area contributed by atoms with Gasteiger partial charge in [0.05, 0.1) is 0 Å². The van der Waals surface area contributed by atoms with Crippen LogP contribution in [0.25, 0.3) is 0 Å². The first-order valence-electron chi connectivity index (χ1n) is 4.75. The molecule has 0 bridgehead atoms. The molecule has 3 heteroatoms. The van der Waals surface area contributed by atoms with E-state index in [0.29, 0.717) is 12.6 Å². The van der Waals surface area contributed by atoms with E-state index in [1.54, 1.807) is 0 Å². The molecule has 78 valence electrons. The van der Waals surface area contributed by atoms with Crippen molar-refractivity contribution in [2.45, 2.75) is 19.9 Å². The van der Waals surface area contributed by atoms with Gasteiger partial charge in [0.2, 0.25) is 0 Å². The van der Waals surface area contributed by atoms with Crippen LogP contribution < -0.4 is 10.6 Å². The van der Waals surface area contributed by atoms with Gasteiger partial charge in [0, 0.05) is 30.3 Å². The van der Waals surface area contributed by atoms with E-state index in [1.807, 2.05) is 26.1 Å². The molecule has 1 atom stereocenters. The van der Waals surface area contributed by atoms with Crippen LogP contribution in [0.5, 0.6) is 0 Å². The summed E-state index contributed by atoms with van der Waals surface area (Å²) in [4.78, 5) is 2.13. The molecule has 14 heavy (non-hydrogen) atoms. The maximum Gasteiger partial charge on any atom is 0.0455 e. The number of rotatable bonds is 3. The molecule has 0 aromatic heterocycles. The summed E-state index contributed by atoms with van der Waals surface area (Å²) in [6, 6.07) is 6.39. The number of halogens is 1. The topological polar surface area (TPSA) is 29.3 Å². The van der Waals surface area contributed by atoms with Crippen LogP contribution in [0.1, 0.15) is 12.5 Å². The summed E-state index contributed by atoms with van der Waals surface area (Å²) in [7, 11) is 2.03. The van der Waals surface area contributed by atoms with E-state index in [2.05, 4.69) is 17.9 Å². The summed E-state index contributed by atoms with van der Waals surface area (Å²) >= 11 is 6.05. The Balaban J connectivity index is 2.91. The molecule has 0 fully saturated rings. The van der Waals surface area contributed by atoms with E-state index in [1.165, 1.54) is 0 Å². The molecule has 2 nitrogen and oxygen atoms in total. The Bertz CT molecular complexity index is 312. The highest BCUT2D eigenvalue weighted by Crippen LogP contribution is 2.23. The van der Waals surface area contributed by atoms with Crippen molar-refractivity contribution < 1.29 is 0 Å². The van der Waals surface area contributed by atoms with Crippen molar-refractivity contribution in [3.8, 4) is 0 Å². The minimum absolute atomic E-state index is 0.328. The van der Waals surface area contributed by atoms with Crippen LogP contribution >= 0.6 is 11.6 Å². The standard InChI is InChI=1S/C11H17ClN2/c1-8-4-5-10(6-11(8)12)14(3)9(2)7-13/h4-6,9H,7,13H2,1-3H3. The SMILES string of the molecule is Cc1ccc(N(C)C(C)CN)cc1Cl. The molecule has 0 heterocycles. The molecule has 0 spiro atoms. The molecule has 0 amide bonds. The Morgan fingerprint density at radius 1 is 1.50 bits per heavy atom. The van der Waals surface area contributed by atoms with Crippen LogP contribution in [-0.4, -0.2) is 19.6 Å². The minimum atomic E-state index is 0.328. The second kappa shape index (κ2) is 4.67. The smallest absolute Gasteiger partial charge is 0.0455 e. The summed E-state index contributed by atoms with van der Waals surface area (Å²) in [5, 5.41) is 0.804. The lowest BCUT2D eigenvalue weighted by atomic mass is 10.2.